The molecule has 4 aliphatic carbocycles. The third-order valence-electron chi connectivity index (χ3n) is 4.27. The molecule has 0 saturated heterocycles. The summed E-state index contributed by atoms with van der Waals surface area (Å²) in [6.07, 6.45) is 24.9. The van der Waals surface area contributed by atoms with E-state index in [2.05, 4.69) is 80.7 Å². The van der Waals surface area contributed by atoms with Crippen LogP contribution in [0.3, 0.4) is 0 Å². The third kappa shape index (κ3) is 5.18. The van der Waals surface area contributed by atoms with Crippen LogP contribution in [-0.4, -0.2) is 0 Å². The second-order valence-corrected chi connectivity index (χ2v) is 9.39. The van der Waals surface area contributed by atoms with Crippen LogP contribution in [0.2, 0.25) is 0 Å². The van der Waals surface area contributed by atoms with Crippen molar-refractivity contribution in [3.05, 3.63) is 97.4 Å². The van der Waals surface area contributed by atoms with Crippen molar-refractivity contribution in [1.29, 1.82) is 0 Å². The number of rotatable bonds is 0. The van der Waals surface area contributed by atoms with Crippen LogP contribution in [0.1, 0.15) is 6.42 Å². The Hall–Kier alpha value is -0.617. The first-order valence-electron chi connectivity index (χ1n) is 7.59. The molecule has 0 saturated carbocycles. The van der Waals surface area contributed by atoms with Gasteiger partial charge in [-0.15, -0.1) is 17.7 Å². The Morgan fingerprint density at radius 3 is 2.30 bits per heavy atom. The van der Waals surface area contributed by atoms with Crippen LogP contribution in [0.15, 0.2) is 83.6 Å². The predicted molar refractivity (Wildman–Crippen MR) is 98.3 cm³/mol. The van der Waals surface area contributed by atoms with E-state index in [4.69, 9.17) is 17.0 Å². The van der Waals surface area contributed by atoms with Crippen LogP contribution in [0.5, 0.6) is 0 Å². The Morgan fingerprint density at radius 2 is 1.61 bits per heavy atom. The summed E-state index contributed by atoms with van der Waals surface area (Å²) in [5.41, 5.74) is 3.80. The van der Waals surface area contributed by atoms with Crippen LogP contribution in [0.4, 0.5) is 0 Å². The van der Waals surface area contributed by atoms with Gasteiger partial charge in [0.05, 0.1) is 0 Å². The molecule has 0 amide bonds. The number of halogens is 2. The van der Waals surface area contributed by atoms with E-state index < -0.39 is 20.8 Å². The first-order chi connectivity index (χ1) is 11.2. The first kappa shape index (κ1) is 18.7. The fourth-order valence-electron chi connectivity index (χ4n) is 3.06. The van der Waals surface area contributed by atoms with Crippen molar-refractivity contribution in [3.63, 3.8) is 0 Å². The molecule has 0 nitrogen and oxygen atoms in total. The standard InChI is InChI=1S/C10H11.C10H9.2ClH.Zr/c2*1-8-6-7-9-4-2-3-5-10(8)9;;;/h2-6,9-10H,1,7H2;2-7,9H,1H2;2*1H;/q2*-1;;;+4/p-2. The summed E-state index contributed by atoms with van der Waals surface area (Å²) in [6, 6.07) is 0. The van der Waals surface area contributed by atoms with E-state index in [1.165, 1.54) is 17.6 Å². The molecule has 0 aromatic rings. The molecule has 0 fully saturated rings. The van der Waals surface area contributed by atoms with Crippen LogP contribution in [0.25, 0.3) is 0 Å². The van der Waals surface area contributed by atoms with Gasteiger partial charge in [-0.05, 0) is 17.8 Å². The van der Waals surface area contributed by atoms with Crippen LogP contribution in [-0.2, 0) is 20.8 Å². The van der Waals surface area contributed by atoms with Crippen molar-refractivity contribution in [2.45, 2.75) is 6.42 Å². The van der Waals surface area contributed by atoms with Crippen molar-refractivity contribution >= 4 is 17.0 Å². The minimum atomic E-state index is -0.826. The van der Waals surface area contributed by atoms with Crippen LogP contribution < -0.4 is 0 Å². The molecular weight excluding hydrogens is 402 g/mol. The molecular formula is C20H20Cl2Zr. The second kappa shape index (κ2) is 9.62. The van der Waals surface area contributed by atoms with Gasteiger partial charge in [-0.1, -0.05) is 49.0 Å². The summed E-state index contributed by atoms with van der Waals surface area (Å²) in [7, 11) is 9.87. The van der Waals surface area contributed by atoms with Gasteiger partial charge in [-0.25, -0.2) is 18.6 Å². The van der Waals surface area contributed by atoms with E-state index in [1.807, 2.05) is 0 Å². The first-order valence-corrected chi connectivity index (χ1v) is 13.9. The van der Waals surface area contributed by atoms with Gasteiger partial charge in [-0.3, -0.25) is 0 Å². The summed E-state index contributed by atoms with van der Waals surface area (Å²) >= 11 is -0.826. The van der Waals surface area contributed by atoms with E-state index in [0.29, 0.717) is 11.8 Å². The molecule has 0 aromatic heterocycles. The SMILES string of the molecule is [CH2-]C1=C2C=CC=CC2C=C1.[CH2-]C1=CCC2C=CC=CC12.[Cl][Zr+2][Cl]. The molecule has 0 aromatic carbocycles. The molecule has 3 unspecified atom stereocenters. The van der Waals surface area contributed by atoms with Crippen molar-refractivity contribution in [3.8, 4) is 0 Å². The van der Waals surface area contributed by atoms with E-state index >= 15 is 0 Å². The van der Waals surface area contributed by atoms with E-state index in [1.54, 1.807) is 0 Å². The molecule has 4 aliphatic rings. The van der Waals surface area contributed by atoms with E-state index in [9.17, 15) is 0 Å². The monoisotopic (exact) mass is 420 g/mol. The summed E-state index contributed by atoms with van der Waals surface area (Å²) in [5, 5.41) is 0. The fourth-order valence-corrected chi connectivity index (χ4v) is 3.06. The van der Waals surface area contributed by atoms with E-state index in [0.717, 1.165) is 11.5 Å². The average Bonchev–Trinajstić information content (AvgIpc) is 3.14. The normalized spacial score (nSPS) is 28.1. The number of fused-ring (bicyclic) bond motifs is 2. The molecule has 0 aliphatic heterocycles. The van der Waals surface area contributed by atoms with Gasteiger partial charge in [0.15, 0.2) is 0 Å². The molecule has 0 spiro atoms. The van der Waals surface area contributed by atoms with Gasteiger partial charge >= 0.3 is 37.9 Å². The summed E-state index contributed by atoms with van der Waals surface area (Å²) in [5.74, 6) is 1.85. The molecule has 0 heterocycles. The van der Waals surface area contributed by atoms with Crippen molar-refractivity contribution in [2.75, 3.05) is 0 Å². The van der Waals surface area contributed by atoms with Gasteiger partial charge in [-0.2, -0.15) is 18.6 Å². The maximum absolute atomic E-state index is 4.93. The number of hydrogen-bond donors (Lipinski definition) is 0. The number of allylic oxidation sites excluding steroid dienone is 14. The summed E-state index contributed by atoms with van der Waals surface area (Å²) in [4.78, 5) is 0. The fraction of sp³-hybridized carbons (Fsp3) is 0.200. The molecule has 0 bridgehead atoms. The Kier molecular flexibility index (Phi) is 7.83. The third-order valence-corrected chi connectivity index (χ3v) is 4.27. The summed E-state index contributed by atoms with van der Waals surface area (Å²) < 4.78 is 0. The summed E-state index contributed by atoms with van der Waals surface area (Å²) in [6.45, 7) is 7.93. The molecule has 118 valence electrons. The van der Waals surface area contributed by atoms with Crippen molar-refractivity contribution < 1.29 is 20.8 Å². The zero-order chi connectivity index (χ0) is 16.7. The second-order valence-electron chi connectivity index (χ2n) is 5.66. The average molecular weight is 423 g/mol. The Labute approximate surface area is 158 Å². The Morgan fingerprint density at radius 1 is 0.913 bits per heavy atom. The van der Waals surface area contributed by atoms with Gasteiger partial charge in [0.25, 0.3) is 0 Å². The Bertz CT molecular complexity index is 618. The molecule has 23 heavy (non-hydrogen) atoms. The van der Waals surface area contributed by atoms with E-state index in [-0.39, 0.29) is 0 Å². The quantitative estimate of drug-likeness (QED) is 0.401. The predicted octanol–water partition coefficient (Wildman–Crippen LogP) is 6.31. The Balaban J connectivity index is 0.000000143. The molecule has 4 rings (SSSR count). The van der Waals surface area contributed by atoms with Crippen LogP contribution >= 0.6 is 17.0 Å². The topological polar surface area (TPSA) is 0 Å². The molecule has 3 heteroatoms. The van der Waals surface area contributed by atoms with Gasteiger partial charge in [0.1, 0.15) is 0 Å². The van der Waals surface area contributed by atoms with Crippen LogP contribution in [0, 0.1) is 31.6 Å². The molecule has 3 atom stereocenters. The minimum absolute atomic E-state index is 0.512. The molecule has 0 N–H and O–H groups in total. The zero-order valence-corrected chi connectivity index (χ0v) is 16.9. The maximum atomic E-state index is 4.93. The van der Waals surface area contributed by atoms with Gasteiger partial charge in [0, 0.05) is 0 Å². The zero-order valence-electron chi connectivity index (χ0n) is 13.0. The van der Waals surface area contributed by atoms with Gasteiger partial charge < -0.3 is 0 Å². The van der Waals surface area contributed by atoms with Gasteiger partial charge in [0.2, 0.25) is 0 Å². The molecule has 0 radical (unpaired) electrons. The van der Waals surface area contributed by atoms with Crippen molar-refractivity contribution in [2.24, 2.45) is 17.8 Å². The van der Waals surface area contributed by atoms with Crippen molar-refractivity contribution in [1.82, 2.24) is 0 Å². The number of hydrogen-bond acceptors (Lipinski definition) is 0.